The van der Waals surface area contributed by atoms with Gasteiger partial charge in [0, 0.05) is 35.8 Å². The van der Waals surface area contributed by atoms with Gasteiger partial charge in [-0.2, -0.15) is 0 Å². The van der Waals surface area contributed by atoms with Crippen LogP contribution in [-0.4, -0.2) is 33.8 Å². The van der Waals surface area contributed by atoms with E-state index in [9.17, 15) is 9.67 Å². The van der Waals surface area contributed by atoms with Crippen molar-refractivity contribution in [2.45, 2.75) is 32.5 Å². The molecule has 6 nitrogen and oxygen atoms in total. The van der Waals surface area contributed by atoms with E-state index in [-0.39, 0.29) is 26.1 Å². The van der Waals surface area contributed by atoms with Gasteiger partial charge in [0.05, 0.1) is 0 Å². The molecule has 1 aliphatic carbocycles. The Hall–Kier alpha value is -1.07. The molecule has 0 bridgehead atoms. The Morgan fingerprint density at radius 3 is 2.79 bits per heavy atom. The maximum atomic E-state index is 10.7. The Balaban J connectivity index is 0.00000180. The van der Waals surface area contributed by atoms with Crippen LogP contribution in [0.25, 0.3) is 0 Å². The first-order valence-electron chi connectivity index (χ1n) is 5.70. The molecule has 106 valence electrons. The SMILES string of the molecule is C.O=[P+](O)O[C@H]1C[C@H](Oc2ccccn2)C[C@@H]1CO. The van der Waals surface area contributed by atoms with E-state index in [4.69, 9.17) is 14.2 Å². The summed E-state index contributed by atoms with van der Waals surface area (Å²) in [5.74, 6) is 0.332. The first kappa shape index (κ1) is 16.0. The van der Waals surface area contributed by atoms with E-state index in [1.807, 2.05) is 6.07 Å². The molecule has 2 N–H and O–H groups in total. The fraction of sp³-hybridized carbons (Fsp3) is 0.583. The smallest absolute Gasteiger partial charge is 0.474 e. The maximum absolute atomic E-state index is 10.7. The number of hydrogen-bond donors (Lipinski definition) is 2. The summed E-state index contributed by atoms with van der Waals surface area (Å²) in [6, 6.07) is 5.36. The van der Waals surface area contributed by atoms with E-state index in [0.29, 0.717) is 18.7 Å². The van der Waals surface area contributed by atoms with E-state index in [1.165, 1.54) is 0 Å². The highest BCUT2D eigenvalue weighted by molar-refractivity contribution is 7.32. The molecule has 2 rings (SSSR count). The molecule has 1 unspecified atom stereocenters. The van der Waals surface area contributed by atoms with Gasteiger partial charge in [0.25, 0.3) is 0 Å². The van der Waals surface area contributed by atoms with Gasteiger partial charge in [0.1, 0.15) is 12.2 Å². The summed E-state index contributed by atoms with van der Waals surface area (Å²) in [7, 11) is -2.65. The lowest BCUT2D eigenvalue weighted by molar-refractivity contribution is 0.105. The van der Waals surface area contributed by atoms with Gasteiger partial charge in [0.15, 0.2) is 0 Å². The number of nitrogens with zero attached hydrogens (tertiary/aromatic N) is 1. The van der Waals surface area contributed by atoms with Gasteiger partial charge in [-0.25, -0.2) is 4.98 Å². The lowest BCUT2D eigenvalue weighted by atomic mass is 10.1. The highest BCUT2D eigenvalue weighted by Crippen LogP contribution is 2.35. The third-order valence-electron chi connectivity index (χ3n) is 2.97. The van der Waals surface area contributed by atoms with Gasteiger partial charge in [-0.15, -0.1) is 9.42 Å². The minimum atomic E-state index is -2.65. The summed E-state index contributed by atoms with van der Waals surface area (Å²) < 4.78 is 21.2. The lowest BCUT2D eigenvalue weighted by Crippen LogP contribution is -2.18. The first-order chi connectivity index (χ1) is 8.69. The monoisotopic (exact) mass is 288 g/mol. The minimum absolute atomic E-state index is 0. The zero-order valence-corrected chi connectivity index (χ0v) is 10.6. The molecule has 0 amide bonds. The van der Waals surface area contributed by atoms with Crippen LogP contribution in [0.3, 0.4) is 0 Å². The second kappa shape index (κ2) is 7.50. The number of ether oxygens (including phenoxy) is 1. The molecule has 1 aromatic rings. The van der Waals surface area contributed by atoms with E-state index in [0.717, 1.165) is 0 Å². The van der Waals surface area contributed by atoms with Crippen LogP contribution in [0, 0.1) is 5.92 Å². The van der Waals surface area contributed by atoms with Crippen molar-refractivity contribution in [2.24, 2.45) is 5.92 Å². The number of hydrogen-bond acceptors (Lipinski definition) is 5. The van der Waals surface area contributed by atoms with E-state index >= 15 is 0 Å². The van der Waals surface area contributed by atoms with Crippen molar-refractivity contribution >= 4 is 8.25 Å². The quantitative estimate of drug-likeness (QED) is 0.804. The third kappa shape index (κ3) is 4.51. The molecule has 0 spiro atoms. The molecule has 0 aromatic carbocycles. The predicted octanol–water partition coefficient (Wildman–Crippen LogP) is 1.90. The lowest BCUT2D eigenvalue weighted by Gasteiger charge is -2.11. The molecule has 1 heterocycles. The molecule has 1 fully saturated rings. The molecule has 1 saturated carbocycles. The summed E-state index contributed by atoms with van der Waals surface area (Å²) in [4.78, 5) is 12.8. The zero-order valence-electron chi connectivity index (χ0n) is 9.68. The Kier molecular flexibility index (Phi) is 6.31. The topological polar surface area (TPSA) is 88.9 Å². The van der Waals surface area contributed by atoms with Crippen LogP contribution in [0.5, 0.6) is 5.88 Å². The van der Waals surface area contributed by atoms with Gasteiger partial charge in [-0.1, -0.05) is 13.5 Å². The average molecular weight is 288 g/mol. The van der Waals surface area contributed by atoms with Crippen molar-refractivity contribution in [3.05, 3.63) is 24.4 Å². The van der Waals surface area contributed by atoms with Crippen molar-refractivity contribution in [1.82, 2.24) is 4.98 Å². The van der Waals surface area contributed by atoms with Crippen LogP contribution in [-0.2, 0) is 9.09 Å². The number of aromatic nitrogens is 1. The van der Waals surface area contributed by atoms with Gasteiger partial charge >= 0.3 is 8.25 Å². The van der Waals surface area contributed by atoms with Crippen LogP contribution < -0.4 is 4.74 Å². The second-order valence-corrected chi connectivity index (χ2v) is 4.89. The zero-order chi connectivity index (χ0) is 13.0. The second-order valence-electron chi connectivity index (χ2n) is 4.20. The Morgan fingerprint density at radius 1 is 1.42 bits per heavy atom. The van der Waals surface area contributed by atoms with Crippen LogP contribution in [0.4, 0.5) is 0 Å². The molecule has 19 heavy (non-hydrogen) atoms. The number of rotatable bonds is 5. The van der Waals surface area contributed by atoms with Gasteiger partial charge in [-0.3, -0.25) is 0 Å². The molecular formula is C12H19NO5P+. The van der Waals surface area contributed by atoms with Crippen LogP contribution in [0.1, 0.15) is 20.3 Å². The minimum Gasteiger partial charge on any atom is -0.474 e. The standard InChI is InChI=1S/C11H14NO5P.CH4/c13-7-8-5-9(6-10(8)17-18(14)15)16-11-3-1-2-4-12-11;/h1-4,8-10,13H,5-7H2;1H4/p+1/t8-,9-,10+;/m1./s1. The molecule has 1 aromatic heterocycles. The largest absolute Gasteiger partial charge is 0.695 e. The molecule has 4 atom stereocenters. The summed E-state index contributed by atoms with van der Waals surface area (Å²) in [5, 5.41) is 9.21. The molecule has 1 aliphatic rings. The van der Waals surface area contributed by atoms with Gasteiger partial charge in [0.2, 0.25) is 5.88 Å². The Bertz CT molecular complexity index is 402. The summed E-state index contributed by atoms with van der Waals surface area (Å²) in [5.41, 5.74) is 0. The number of aliphatic hydroxyl groups excluding tert-OH is 1. The molecule has 0 saturated heterocycles. The van der Waals surface area contributed by atoms with Crippen molar-refractivity contribution < 1.29 is 23.8 Å². The van der Waals surface area contributed by atoms with Gasteiger partial charge < -0.3 is 9.84 Å². The summed E-state index contributed by atoms with van der Waals surface area (Å²) >= 11 is 0. The highest BCUT2D eigenvalue weighted by atomic mass is 31.1. The fourth-order valence-corrected chi connectivity index (χ4v) is 2.65. The van der Waals surface area contributed by atoms with Gasteiger partial charge in [-0.05, 0) is 12.5 Å². The third-order valence-corrected chi connectivity index (χ3v) is 3.42. The number of aliphatic hydroxyl groups is 1. The van der Waals surface area contributed by atoms with Crippen LogP contribution in [0.15, 0.2) is 24.4 Å². The summed E-state index contributed by atoms with van der Waals surface area (Å²) in [6.07, 6.45) is 2.09. The first-order valence-corrected chi connectivity index (χ1v) is 6.83. The predicted molar refractivity (Wildman–Crippen MR) is 69.9 cm³/mol. The maximum Gasteiger partial charge on any atom is 0.695 e. The van der Waals surface area contributed by atoms with Crippen molar-refractivity contribution in [2.75, 3.05) is 6.61 Å². The molecule has 0 radical (unpaired) electrons. The normalized spacial score (nSPS) is 26.6. The van der Waals surface area contributed by atoms with Crippen molar-refractivity contribution in [3.63, 3.8) is 0 Å². The average Bonchev–Trinajstić information content (AvgIpc) is 2.71. The Labute approximate surface area is 113 Å². The van der Waals surface area contributed by atoms with Crippen LogP contribution >= 0.6 is 8.25 Å². The number of pyridine rings is 1. The summed E-state index contributed by atoms with van der Waals surface area (Å²) in [6.45, 7) is -0.0874. The van der Waals surface area contributed by atoms with E-state index < -0.39 is 14.4 Å². The molecule has 7 heteroatoms. The molecular weight excluding hydrogens is 269 g/mol. The van der Waals surface area contributed by atoms with E-state index in [2.05, 4.69) is 4.98 Å². The fourth-order valence-electron chi connectivity index (χ4n) is 2.16. The van der Waals surface area contributed by atoms with E-state index in [1.54, 1.807) is 18.3 Å². The van der Waals surface area contributed by atoms with Crippen molar-refractivity contribution in [3.8, 4) is 5.88 Å². The van der Waals surface area contributed by atoms with Crippen molar-refractivity contribution in [1.29, 1.82) is 0 Å². The Morgan fingerprint density at radius 2 is 2.21 bits per heavy atom. The van der Waals surface area contributed by atoms with Crippen LogP contribution in [0.2, 0.25) is 0 Å². The molecule has 0 aliphatic heterocycles. The highest BCUT2D eigenvalue weighted by Gasteiger charge is 2.41.